The fraction of sp³-hybridized carbons (Fsp3) is 0.500. The third-order valence-electron chi connectivity index (χ3n) is 10.9. The maximum absolute atomic E-state index is 13.3. The number of benzene rings is 4. The zero-order chi connectivity index (χ0) is 50.2. The number of para-hydroxylation sites is 2. The van der Waals surface area contributed by atoms with Crippen LogP contribution in [0, 0.1) is 0 Å². The fourth-order valence-electron chi connectivity index (χ4n) is 7.97. The summed E-state index contributed by atoms with van der Waals surface area (Å²) >= 11 is 0. The Morgan fingerprint density at radius 3 is 0.882 bits per heavy atom. The van der Waals surface area contributed by atoms with Gasteiger partial charge in [0.25, 0.3) is 0 Å². The molecule has 0 fully saturated rings. The molecule has 0 amide bonds. The number of rotatable bonds is 14. The van der Waals surface area contributed by atoms with Gasteiger partial charge < -0.3 is 37.9 Å². The Bertz CT molecular complexity index is 2190. The van der Waals surface area contributed by atoms with E-state index in [0.717, 1.165) is 55.6 Å². The molecule has 0 aliphatic heterocycles. The third-order valence-corrected chi connectivity index (χ3v) is 10.9. The Balaban J connectivity index is 1.88. The van der Waals surface area contributed by atoms with Crippen molar-refractivity contribution in [3.63, 3.8) is 0 Å². The van der Waals surface area contributed by atoms with Crippen LogP contribution in [0.3, 0.4) is 0 Å². The number of hydrogen-bond donors (Lipinski definition) is 0. The summed E-state index contributed by atoms with van der Waals surface area (Å²) in [6.07, 6.45) is 1.09. The van der Waals surface area contributed by atoms with Crippen molar-refractivity contribution in [3.8, 4) is 23.0 Å². The minimum atomic E-state index is -0.739. The molecule has 0 spiro atoms. The van der Waals surface area contributed by atoms with Gasteiger partial charge in [-0.3, -0.25) is 0 Å². The maximum Gasteiger partial charge on any atom is 0.344 e. The molecule has 12 nitrogen and oxygen atoms in total. The van der Waals surface area contributed by atoms with Gasteiger partial charge in [0, 0.05) is 25.7 Å². The van der Waals surface area contributed by atoms with E-state index in [4.69, 9.17) is 37.9 Å². The van der Waals surface area contributed by atoms with Crippen LogP contribution in [0.5, 0.6) is 23.0 Å². The molecule has 4 aromatic carbocycles. The van der Waals surface area contributed by atoms with Crippen molar-refractivity contribution >= 4 is 23.9 Å². The summed E-state index contributed by atoms with van der Waals surface area (Å²) in [6.45, 7) is 26.1. The number of fused-ring (bicyclic) bond motifs is 8. The Kier molecular flexibility index (Phi) is 17.1. The van der Waals surface area contributed by atoms with E-state index >= 15 is 0 Å². The number of ether oxygens (including phenoxy) is 8. The molecule has 0 saturated carbocycles. The van der Waals surface area contributed by atoms with Crippen molar-refractivity contribution in [1.82, 2.24) is 0 Å². The lowest BCUT2D eigenvalue weighted by Gasteiger charge is -2.27. The third kappa shape index (κ3) is 15.0. The number of carbonyl (C=O) groups excluding carboxylic acids is 4. The molecule has 0 heterocycles. The average molecular weight is 937 g/mol. The fourth-order valence-corrected chi connectivity index (χ4v) is 7.97. The van der Waals surface area contributed by atoms with E-state index in [2.05, 4.69) is 65.8 Å². The highest BCUT2D eigenvalue weighted by atomic mass is 16.6. The summed E-state index contributed by atoms with van der Waals surface area (Å²) in [5.41, 5.74) is 5.98. The quantitative estimate of drug-likeness (QED) is 0.0773. The number of carbonyl (C=O) groups is 4. The molecule has 0 N–H and O–H groups in total. The van der Waals surface area contributed by atoms with Crippen molar-refractivity contribution < 1.29 is 57.1 Å². The zero-order valence-electron chi connectivity index (χ0n) is 42.7. The van der Waals surface area contributed by atoms with Crippen molar-refractivity contribution in [1.29, 1.82) is 0 Å². The van der Waals surface area contributed by atoms with Crippen LogP contribution in [0.15, 0.2) is 60.7 Å². The smallest absolute Gasteiger partial charge is 0.344 e. The summed E-state index contributed by atoms with van der Waals surface area (Å²) in [5, 5.41) is 0. The molecule has 0 radical (unpaired) electrons. The highest BCUT2D eigenvalue weighted by molar-refractivity contribution is 5.73. The Morgan fingerprint density at radius 1 is 0.397 bits per heavy atom. The van der Waals surface area contributed by atoms with Gasteiger partial charge in [0.1, 0.15) is 34.2 Å². The summed E-state index contributed by atoms with van der Waals surface area (Å²) in [6, 6.07) is 20.1. The monoisotopic (exact) mass is 937 g/mol. The Labute approximate surface area is 403 Å². The summed E-state index contributed by atoms with van der Waals surface area (Å²) in [5.74, 6) is -0.169. The lowest BCUT2D eigenvalue weighted by molar-refractivity contribution is -0.158. The minimum Gasteiger partial charge on any atom is -0.481 e. The van der Waals surface area contributed by atoms with Gasteiger partial charge in [-0.15, -0.1) is 0 Å². The first-order valence-corrected chi connectivity index (χ1v) is 23.5. The highest BCUT2D eigenvalue weighted by Crippen LogP contribution is 2.42. The first-order chi connectivity index (χ1) is 31.7. The van der Waals surface area contributed by atoms with Crippen LogP contribution < -0.4 is 18.9 Å². The minimum absolute atomic E-state index is 0.191. The zero-order valence-corrected chi connectivity index (χ0v) is 42.7. The van der Waals surface area contributed by atoms with E-state index in [9.17, 15) is 19.2 Å². The average Bonchev–Trinajstić information content (AvgIpc) is 3.20. The Hall–Kier alpha value is -6.04. The maximum atomic E-state index is 13.3. The highest BCUT2D eigenvalue weighted by Gasteiger charge is 2.28. The summed E-state index contributed by atoms with van der Waals surface area (Å²) in [4.78, 5) is 52.7. The van der Waals surface area contributed by atoms with Crippen LogP contribution in [-0.4, -0.2) is 74.7 Å². The van der Waals surface area contributed by atoms with E-state index in [1.54, 1.807) is 55.4 Å². The molecular weight excluding hydrogens is 865 g/mol. The predicted molar refractivity (Wildman–Crippen MR) is 261 cm³/mol. The largest absolute Gasteiger partial charge is 0.481 e. The second-order valence-electron chi connectivity index (χ2n) is 21.2. The van der Waals surface area contributed by atoms with Crippen LogP contribution in [0.2, 0.25) is 0 Å². The van der Waals surface area contributed by atoms with Crippen LogP contribution in [0.4, 0.5) is 0 Å². The van der Waals surface area contributed by atoms with Crippen molar-refractivity contribution in [2.75, 3.05) is 39.6 Å². The van der Waals surface area contributed by atoms with Gasteiger partial charge in [-0.2, -0.15) is 0 Å². The van der Waals surface area contributed by atoms with E-state index in [0.29, 0.717) is 23.0 Å². The topological polar surface area (TPSA) is 142 Å². The van der Waals surface area contributed by atoms with Crippen molar-refractivity contribution in [2.45, 2.75) is 145 Å². The van der Waals surface area contributed by atoms with E-state index in [1.807, 2.05) is 36.4 Å². The van der Waals surface area contributed by atoms with Gasteiger partial charge in [0.05, 0.1) is 13.2 Å². The molecular formula is C56H72O12. The molecule has 0 aromatic heterocycles. The normalized spacial score (nSPS) is 12.9. The molecule has 12 heteroatoms. The van der Waals surface area contributed by atoms with E-state index in [1.165, 1.54) is 0 Å². The number of esters is 4. The molecule has 1 aliphatic rings. The first kappa shape index (κ1) is 52.9. The molecule has 1 aliphatic carbocycles. The van der Waals surface area contributed by atoms with Crippen LogP contribution in [0.25, 0.3) is 0 Å². The van der Waals surface area contributed by atoms with Gasteiger partial charge in [0.15, 0.2) is 26.4 Å². The lowest BCUT2D eigenvalue weighted by Crippen LogP contribution is -2.27. The molecule has 0 saturated heterocycles. The SMILES string of the molecule is CCOC(=O)COc1c2cc(C(C)(C)C)cc1Cc1cccc(c1OCC(=O)OC(C)(C)C)Cc1cc(C(C)(C)C)cc(c1OCC(=O)OCC)Cc1cccc(c1OCC(=O)OC(C)(C)C)C2. The van der Waals surface area contributed by atoms with Gasteiger partial charge in [-0.25, -0.2) is 19.2 Å². The molecule has 368 valence electrons. The van der Waals surface area contributed by atoms with Crippen LogP contribution in [0.1, 0.15) is 153 Å². The van der Waals surface area contributed by atoms with Gasteiger partial charge >= 0.3 is 23.9 Å². The molecule has 68 heavy (non-hydrogen) atoms. The van der Waals surface area contributed by atoms with Crippen LogP contribution in [-0.2, 0) is 74.6 Å². The summed E-state index contributed by atoms with van der Waals surface area (Å²) < 4.78 is 48.2. The van der Waals surface area contributed by atoms with Crippen molar-refractivity contribution in [3.05, 3.63) is 116 Å². The summed E-state index contributed by atoms with van der Waals surface area (Å²) in [7, 11) is 0. The second kappa shape index (κ2) is 21.9. The Morgan fingerprint density at radius 2 is 0.647 bits per heavy atom. The number of hydrogen-bond acceptors (Lipinski definition) is 12. The van der Waals surface area contributed by atoms with Gasteiger partial charge in [-0.05, 0) is 122 Å². The van der Waals surface area contributed by atoms with Gasteiger partial charge in [-0.1, -0.05) is 102 Å². The molecule has 8 bridgehead atoms. The predicted octanol–water partition coefficient (Wildman–Crippen LogP) is 10.3. The van der Waals surface area contributed by atoms with E-state index in [-0.39, 0.29) is 76.2 Å². The van der Waals surface area contributed by atoms with Gasteiger partial charge in [0.2, 0.25) is 0 Å². The molecule has 5 rings (SSSR count). The first-order valence-electron chi connectivity index (χ1n) is 23.5. The van der Waals surface area contributed by atoms with Crippen molar-refractivity contribution in [2.24, 2.45) is 0 Å². The lowest BCUT2D eigenvalue weighted by atomic mass is 9.81. The van der Waals surface area contributed by atoms with Crippen LogP contribution >= 0.6 is 0 Å². The molecule has 0 atom stereocenters. The standard InChI is InChI=1S/C56H72O12/c1-15-61-45(57)31-63-51-39-23-35-19-17-21-37(49(35)65-33-47(59)67-55(9,10)11)25-41-29-44(54(6,7)8)30-42(52(41)64-32-46(58)62-16-2)26-38-22-18-20-36(24-40(51)28-43(27-39)53(3,4)5)50(38)66-34-48(60)68-56(12,13)14/h17-22,27-30H,15-16,23-26,31-34H2,1-14H3. The van der Waals surface area contributed by atoms with E-state index < -0.39 is 35.1 Å². The second-order valence-corrected chi connectivity index (χ2v) is 21.2. The molecule has 4 aromatic rings. The molecule has 0 unspecified atom stereocenters.